The highest BCUT2D eigenvalue weighted by atomic mass is 19.1. The number of benzene rings is 1. The van der Waals surface area contributed by atoms with Crippen LogP contribution in [0.2, 0.25) is 0 Å². The van der Waals surface area contributed by atoms with Crippen LogP contribution in [0.3, 0.4) is 0 Å². The molecular weight excluding hydrogens is 227 g/mol. The van der Waals surface area contributed by atoms with Crippen LogP contribution in [0, 0.1) is 5.82 Å². The molecule has 1 aromatic heterocycles. The number of hydrogen-bond acceptors (Lipinski definition) is 2. The third kappa shape index (κ3) is 2.57. The standard InChI is InChI=1S/C15H15FN2/c16-15-8-11(9-18-13-4-5-13)3-6-14(15)12-2-1-7-17-10-12/h1-3,6-8,10,13,18H,4-5,9H2. The zero-order chi connectivity index (χ0) is 12.4. The molecule has 1 aliphatic rings. The lowest BCUT2D eigenvalue weighted by molar-refractivity contribution is 0.623. The van der Waals surface area contributed by atoms with Gasteiger partial charge in [0.1, 0.15) is 5.82 Å². The van der Waals surface area contributed by atoms with Gasteiger partial charge in [0, 0.05) is 36.1 Å². The molecule has 2 nitrogen and oxygen atoms in total. The molecule has 1 heterocycles. The molecule has 0 saturated heterocycles. The summed E-state index contributed by atoms with van der Waals surface area (Å²) < 4.78 is 14.0. The van der Waals surface area contributed by atoms with E-state index in [1.165, 1.54) is 12.8 Å². The molecule has 1 N–H and O–H groups in total. The highest BCUT2D eigenvalue weighted by Crippen LogP contribution is 2.23. The summed E-state index contributed by atoms with van der Waals surface area (Å²) in [5.74, 6) is -0.182. The van der Waals surface area contributed by atoms with Crippen LogP contribution in [0.5, 0.6) is 0 Å². The van der Waals surface area contributed by atoms with Gasteiger partial charge in [-0.3, -0.25) is 4.98 Å². The van der Waals surface area contributed by atoms with Crippen molar-refractivity contribution in [3.8, 4) is 11.1 Å². The number of nitrogens with one attached hydrogen (secondary N) is 1. The monoisotopic (exact) mass is 242 g/mol. The molecule has 0 bridgehead atoms. The van der Waals surface area contributed by atoms with E-state index in [0.717, 1.165) is 17.7 Å². The first-order chi connectivity index (χ1) is 8.83. The van der Waals surface area contributed by atoms with Crippen molar-refractivity contribution in [1.29, 1.82) is 0 Å². The molecular formula is C15H15FN2. The molecule has 2 aromatic rings. The van der Waals surface area contributed by atoms with Crippen molar-refractivity contribution in [2.75, 3.05) is 0 Å². The first-order valence-electron chi connectivity index (χ1n) is 6.25. The van der Waals surface area contributed by atoms with Gasteiger partial charge in [0.05, 0.1) is 0 Å². The normalized spacial score (nSPS) is 14.7. The smallest absolute Gasteiger partial charge is 0.131 e. The van der Waals surface area contributed by atoms with Crippen molar-refractivity contribution in [3.63, 3.8) is 0 Å². The summed E-state index contributed by atoms with van der Waals surface area (Å²) >= 11 is 0. The third-order valence-electron chi connectivity index (χ3n) is 3.18. The van der Waals surface area contributed by atoms with E-state index in [1.54, 1.807) is 18.5 Å². The van der Waals surface area contributed by atoms with Gasteiger partial charge in [-0.05, 0) is 30.5 Å². The lowest BCUT2D eigenvalue weighted by Gasteiger charge is -2.07. The zero-order valence-electron chi connectivity index (χ0n) is 10.1. The highest BCUT2D eigenvalue weighted by molar-refractivity contribution is 5.63. The maximum absolute atomic E-state index is 14.0. The predicted octanol–water partition coefficient (Wildman–Crippen LogP) is 3.14. The molecule has 0 radical (unpaired) electrons. The van der Waals surface area contributed by atoms with Crippen LogP contribution in [0.4, 0.5) is 4.39 Å². The Morgan fingerprint density at radius 2 is 2.17 bits per heavy atom. The van der Waals surface area contributed by atoms with Crippen LogP contribution in [0.25, 0.3) is 11.1 Å². The van der Waals surface area contributed by atoms with Crippen molar-refractivity contribution >= 4 is 0 Å². The molecule has 18 heavy (non-hydrogen) atoms. The van der Waals surface area contributed by atoms with E-state index >= 15 is 0 Å². The number of nitrogens with zero attached hydrogens (tertiary/aromatic N) is 1. The Balaban J connectivity index is 1.80. The molecule has 0 unspecified atom stereocenters. The van der Waals surface area contributed by atoms with Crippen LogP contribution in [0.15, 0.2) is 42.7 Å². The molecule has 0 aliphatic heterocycles. The summed E-state index contributed by atoms with van der Waals surface area (Å²) in [7, 11) is 0. The average Bonchev–Trinajstić information content (AvgIpc) is 3.21. The average molecular weight is 242 g/mol. The number of rotatable bonds is 4. The lowest BCUT2D eigenvalue weighted by atomic mass is 10.0. The van der Waals surface area contributed by atoms with Gasteiger partial charge in [0.15, 0.2) is 0 Å². The summed E-state index contributed by atoms with van der Waals surface area (Å²) in [6.07, 6.45) is 5.86. The Labute approximate surface area is 106 Å². The van der Waals surface area contributed by atoms with Crippen molar-refractivity contribution in [2.45, 2.75) is 25.4 Å². The van der Waals surface area contributed by atoms with Gasteiger partial charge in [-0.1, -0.05) is 18.2 Å². The molecule has 1 aromatic carbocycles. The van der Waals surface area contributed by atoms with Gasteiger partial charge < -0.3 is 5.32 Å². The molecule has 1 aliphatic carbocycles. The molecule has 3 heteroatoms. The fourth-order valence-corrected chi connectivity index (χ4v) is 1.97. The minimum atomic E-state index is -0.182. The van der Waals surface area contributed by atoms with Gasteiger partial charge in [0.25, 0.3) is 0 Å². The maximum Gasteiger partial charge on any atom is 0.131 e. The van der Waals surface area contributed by atoms with E-state index in [-0.39, 0.29) is 5.82 Å². The first-order valence-corrected chi connectivity index (χ1v) is 6.25. The second kappa shape index (κ2) is 4.86. The Kier molecular flexibility index (Phi) is 3.07. The molecule has 1 fully saturated rings. The predicted molar refractivity (Wildman–Crippen MR) is 69.5 cm³/mol. The van der Waals surface area contributed by atoms with Crippen LogP contribution < -0.4 is 5.32 Å². The summed E-state index contributed by atoms with van der Waals surface area (Å²) in [5, 5.41) is 3.38. The Bertz CT molecular complexity index is 535. The third-order valence-corrected chi connectivity index (χ3v) is 3.18. The fraction of sp³-hybridized carbons (Fsp3) is 0.267. The molecule has 1 saturated carbocycles. The van der Waals surface area contributed by atoms with Crippen LogP contribution >= 0.6 is 0 Å². The molecule has 0 spiro atoms. The Morgan fingerprint density at radius 1 is 1.28 bits per heavy atom. The molecule has 92 valence electrons. The van der Waals surface area contributed by atoms with E-state index in [4.69, 9.17) is 0 Å². The highest BCUT2D eigenvalue weighted by Gasteiger charge is 2.20. The van der Waals surface area contributed by atoms with Crippen molar-refractivity contribution in [1.82, 2.24) is 10.3 Å². The van der Waals surface area contributed by atoms with Crippen molar-refractivity contribution in [2.24, 2.45) is 0 Å². The van der Waals surface area contributed by atoms with Gasteiger partial charge in [0.2, 0.25) is 0 Å². The summed E-state index contributed by atoms with van der Waals surface area (Å²) in [6.45, 7) is 0.745. The van der Waals surface area contributed by atoms with Crippen molar-refractivity contribution in [3.05, 3.63) is 54.1 Å². The quantitative estimate of drug-likeness (QED) is 0.891. The fourth-order valence-electron chi connectivity index (χ4n) is 1.97. The lowest BCUT2D eigenvalue weighted by Crippen LogP contribution is -2.15. The summed E-state index contributed by atoms with van der Waals surface area (Å²) in [5.41, 5.74) is 2.42. The summed E-state index contributed by atoms with van der Waals surface area (Å²) in [4.78, 5) is 4.01. The van der Waals surface area contributed by atoms with E-state index in [0.29, 0.717) is 11.6 Å². The largest absolute Gasteiger partial charge is 0.310 e. The van der Waals surface area contributed by atoms with E-state index in [2.05, 4.69) is 10.3 Å². The van der Waals surface area contributed by atoms with E-state index < -0.39 is 0 Å². The first kappa shape index (κ1) is 11.4. The van der Waals surface area contributed by atoms with Gasteiger partial charge in [-0.15, -0.1) is 0 Å². The zero-order valence-corrected chi connectivity index (χ0v) is 10.1. The number of hydrogen-bond donors (Lipinski definition) is 1. The summed E-state index contributed by atoms with van der Waals surface area (Å²) in [6, 6.07) is 9.74. The number of aromatic nitrogens is 1. The van der Waals surface area contributed by atoms with Crippen LogP contribution in [-0.2, 0) is 6.54 Å². The Morgan fingerprint density at radius 3 is 2.83 bits per heavy atom. The molecule has 0 atom stereocenters. The van der Waals surface area contributed by atoms with E-state index in [9.17, 15) is 4.39 Å². The van der Waals surface area contributed by atoms with Crippen LogP contribution in [0.1, 0.15) is 18.4 Å². The second-order valence-electron chi connectivity index (χ2n) is 4.71. The molecule has 3 rings (SSSR count). The number of halogens is 1. The van der Waals surface area contributed by atoms with Gasteiger partial charge in [-0.2, -0.15) is 0 Å². The van der Waals surface area contributed by atoms with Gasteiger partial charge in [-0.25, -0.2) is 4.39 Å². The minimum absolute atomic E-state index is 0.182. The second-order valence-corrected chi connectivity index (χ2v) is 4.71. The minimum Gasteiger partial charge on any atom is -0.310 e. The van der Waals surface area contributed by atoms with Crippen molar-refractivity contribution < 1.29 is 4.39 Å². The number of pyridine rings is 1. The SMILES string of the molecule is Fc1cc(CNC2CC2)ccc1-c1cccnc1. The maximum atomic E-state index is 14.0. The molecule has 0 amide bonds. The van der Waals surface area contributed by atoms with Gasteiger partial charge >= 0.3 is 0 Å². The topological polar surface area (TPSA) is 24.9 Å². The Hall–Kier alpha value is -1.74. The van der Waals surface area contributed by atoms with Crippen LogP contribution in [-0.4, -0.2) is 11.0 Å². The van der Waals surface area contributed by atoms with E-state index in [1.807, 2.05) is 24.3 Å².